The van der Waals surface area contributed by atoms with Gasteiger partial charge in [-0.1, -0.05) is 0 Å². The van der Waals surface area contributed by atoms with Gasteiger partial charge in [-0.05, 0) is 37.1 Å². The van der Waals surface area contributed by atoms with Crippen molar-refractivity contribution in [2.75, 3.05) is 0 Å². The topological polar surface area (TPSA) is 66.5 Å². The highest BCUT2D eigenvalue weighted by Crippen LogP contribution is 2.22. The second kappa shape index (κ2) is 5.09. The zero-order valence-electron chi connectivity index (χ0n) is 7.40. The van der Waals surface area contributed by atoms with E-state index in [1.54, 1.807) is 0 Å². The highest BCUT2D eigenvalue weighted by atomic mass is 79.9. The van der Waals surface area contributed by atoms with Gasteiger partial charge in [-0.2, -0.15) is 0 Å². The van der Waals surface area contributed by atoms with Crippen LogP contribution in [0.15, 0.2) is 18.2 Å². The molecule has 0 radical (unpaired) electrons. The van der Waals surface area contributed by atoms with E-state index in [2.05, 4.69) is 0 Å². The van der Waals surface area contributed by atoms with Gasteiger partial charge in [0.2, 0.25) is 0 Å². The third-order valence-corrected chi connectivity index (χ3v) is 1.60. The van der Waals surface area contributed by atoms with Crippen molar-refractivity contribution in [3.8, 4) is 11.5 Å². The van der Waals surface area contributed by atoms with Crippen molar-refractivity contribution in [3.63, 3.8) is 0 Å². The summed E-state index contributed by atoms with van der Waals surface area (Å²) in [5.41, 5.74) is 6.24. The minimum absolute atomic E-state index is 0. The van der Waals surface area contributed by atoms with Gasteiger partial charge in [-0.15, -0.1) is 17.0 Å². The van der Waals surface area contributed by atoms with Crippen LogP contribution >= 0.6 is 17.0 Å². The summed E-state index contributed by atoms with van der Waals surface area (Å²) < 4.78 is 0. The maximum atomic E-state index is 9.32. The second-order valence-electron chi connectivity index (χ2n) is 2.99. The summed E-state index contributed by atoms with van der Waals surface area (Å²) in [5.74, 6) is 0.341. The molecule has 4 N–H and O–H groups in total. The van der Waals surface area contributed by atoms with Gasteiger partial charge in [0.15, 0.2) is 0 Å². The van der Waals surface area contributed by atoms with Crippen LogP contribution in [0.1, 0.15) is 12.5 Å². The fourth-order valence-corrected chi connectivity index (χ4v) is 1.08. The summed E-state index contributed by atoms with van der Waals surface area (Å²) in [6.07, 6.45) is 0.570. The Morgan fingerprint density at radius 1 is 1.38 bits per heavy atom. The van der Waals surface area contributed by atoms with E-state index in [9.17, 15) is 5.11 Å². The number of rotatable bonds is 2. The van der Waals surface area contributed by atoms with Crippen molar-refractivity contribution >= 4 is 17.0 Å². The summed E-state index contributed by atoms with van der Waals surface area (Å²) in [6, 6.07) is 4.42. The molecule has 13 heavy (non-hydrogen) atoms. The lowest BCUT2D eigenvalue weighted by molar-refractivity contribution is 0.452. The number of hydrogen-bond donors (Lipinski definition) is 3. The quantitative estimate of drug-likeness (QED) is 0.696. The molecule has 0 saturated carbocycles. The van der Waals surface area contributed by atoms with Crippen molar-refractivity contribution in [3.05, 3.63) is 23.8 Å². The van der Waals surface area contributed by atoms with E-state index < -0.39 is 0 Å². The predicted octanol–water partition coefficient (Wildman–Crippen LogP) is 1.57. The lowest BCUT2D eigenvalue weighted by Crippen LogP contribution is -2.17. The van der Waals surface area contributed by atoms with Crippen LogP contribution < -0.4 is 5.73 Å². The first kappa shape index (κ1) is 12.3. The number of benzene rings is 1. The first-order valence-corrected chi connectivity index (χ1v) is 3.86. The molecule has 0 bridgehead atoms. The van der Waals surface area contributed by atoms with Gasteiger partial charge in [0.05, 0.1) is 0 Å². The van der Waals surface area contributed by atoms with E-state index in [1.165, 1.54) is 18.2 Å². The van der Waals surface area contributed by atoms with Crippen LogP contribution in [0.5, 0.6) is 11.5 Å². The average molecular weight is 248 g/mol. The largest absolute Gasteiger partial charge is 0.508 e. The molecule has 0 aromatic heterocycles. The SMILES string of the molecule is Br.CC(N)Cc1cc(O)ccc1O. The molecule has 0 aliphatic rings. The third-order valence-electron chi connectivity index (χ3n) is 1.60. The highest BCUT2D eigenvalue weighted by molar-refractivity contribution is 8.93. The number of hydrogen-bond acceptors (Lipinski definition) is 3. The molecule has 0 fully saturated rings. The molecule has 0 heterocycles. The van der Waals surface area contributed by atoms with Gasteiger partial charge in [-0.25, -0.2) is 0 Å². The minimum Gasteiger partial charge on any atom is -0.508 e. The standard InChI is InChI=1S/C9H13NO2.BrH/c1-6(10)4-7-5-8(11)2-3-9(7)12;/h2-3,5-6,11-12H,4,10H2,1H3;1H. The summed E-state index contributed by atoms with van der Waals surface area (Å²) >= 11 is 0. The van der Waals surface area contributed by atoms with Gasteiger partial charge in [-0.3, -0.25) is 0 Å². The molecular weight excluding hydrogens is 234 g/mol. The van der Waals surface area contributed by atoms with Gasteiger partial charge in [0.25, 0.3) is 0 Å². The molecule has 1 atom stereocenters. The first-order chi connectivity index (χ1) is 5.59. The average Bonchev–Trinajstić information content (AvgIpc) is 1.96. The Morgan fingerprint density at radius 2 is 2.00 bits per heavy atom. The van der Waals surface area contributed by atoms with Crippen molar-refractivity contribution in [1.29, 1.82) is 0 Å². The molecule has 1 rings (SSSR count). The van der Waals surface area contributed by atoms with E-state index in [1.807, 2.05) is 6.92 Å². The van der Waals surface area contributed by atoms with Crippen LogP contribution in [0.2, 0.25) is 0 Å². The molecule has 0 aliphatic heterocycles. The monoisotopic (exact) mass is 247 g/mol. The Morgan fingerprint density at radius 3 is 2.54 bits per heavy atom. The Kier molecular flexibility index (Phi) is 4.80. The summed E-state index contributed by atoms with van der Waals surface area (Å²) in [4.78, 5) is 0. The summed E-state index contributed by atoms with van der Waals surface area (Å²) in [7, 11) is 0. The van der Waals surface area contributed by atoms with Crippen molar-refractivity contribution in [1.82, 2.24) is 0 Å². The van der Waals surface area contributed by atoms with Crippen molar-refractivity contribution in [2.24, 2.45) is 5.73 Å². The van der Waals surface area contributed by atoms with E-state index >= 15 is 0 Å². The molecule has 1 aromatic carbocycles. The van der Waals surface area contributed by atoms with Crippen LogP contribution in [0.25, 0.3) is 0 Å². The summed E-state index contributed by atoms with van der Waals surface area (Å²) in [6.45, 7) is 1.85. The molecule has 1 aromatic rings. The Bertz CT molecular complexity index is 276. The van der Waals surface area contributed by atoms with E-state index in [0.29, 0.717) is 12.0 Å². The first-order valence-electron chi connectivity index (χ1n) is 3.86. The molecule has 0 saturated heterocycles. The van der Waals surface area contributed by atoms with Crippen LogP contribution in [0, 0.1) is 0 Å². The number of phenols is 2. The maximum Gasteiger partial charge on any atom is 0.119 e. The zero-order chi connectivity index (χ0) is 9.14. The van der Waals surface area contributed by atoms with Crippen molar-refractivity contribution < 1.29 is 10.2 Å². The number of halogens is 1. The number of nitrogens with two attached hydrogens (primary N) is 1. The number of phenolic OH excluding ortho intramolecular Hbond substituents is 2. The van der Waals surface area contributed by atoms with Crippen LogP contribution in [-0.2, 0) is 6.42 Å². The molecular formula is C9H14BrNO2. The van der Waals surface area contributed by atoms with Gasteiger partial charge < -0.3 is 15.9 Å². The van der Waals surface area contributed by atoms with E-state index in [4.69, 9.17) is 10.8 Å². The van der Waals surface area contributed by atoms with Crippen LogP contribution in [-0.4, -0.2) is 16.3 Å². The predicted molar refractivity (Wildman–Crippen MR) is 57.4 cm³/mol. The van der Waals surface area contributed by atoms with E-state index in [-0.39, 0.29) is 34.5 Å². The van der Waals surface area contributed by atoms with Gasteiger partial charge in [0, 0.05) is 6.04 Å². The lowest BCUT2D eigenvalue weighted by atomic mass is 10.1. The van der Waals surface area contributed by atoms with Crippen LogP contribution in [0.3, 0.4) is 0 Å². The molecule has 74 valence electrons. The van der Waals surface area contributed by atoms with Gasteiger partial charge in [0.1, 0.15) is 11.5 Å². The minimum atomic E-state index is -0.0160. The fourth-order valence-electron chi connectivity index (χ4n) is 1.08. The van der Waals surface area contributed by atoms with Gasteiger partial charge >= 0.3 is 0 Å². The molecule has 1 unspecified atom stereocenters. The smallest absolute Gasteiger partial charge is 0.119 e. The van der Waals surface area contributed by atoms with E-state index in [0.717, 1.165) is 0 Å². The molecule has 3 nitrogen and oxygen atoms in total. The highest BCUT2D eigenvalue weighted by Gasteiger charge is 2.04. The molecule has 0 amide bonds. The molecule has 4 heteroatoms. The second-order valence-corrected chi connectivity index (χ2v) is 2.99. The number of aromatic hydroxyl groups is 2. The van der Waals surface area contributed by atoms with Crippen LogP contribution in [0.4, 0.5) is 0 Å². The maximum absolute atomic E-state index is 9.32. The molecule has 0 aliphatic carbocycles. The summed E-state index contributed by atoms with van der Waals surface area (Å²) in [5, 5.41) is 18.4. The fraction of sp³-hybridized carbons (Fsp3) is 0.333. The normalized spacial score (nSPS) is 11.8. The zero-order valence-corrected chi connectivity index (χ0v) is 9.11. The molecule has 0 spiro atoms. The Hall–Kier alpha value is -0.740. The van der Waals surface area contributed by atoms with Crippen molar-refractivity contribution in [2.45, 2.75) is 19.4 Å². The lowest BCUT2D eigenvalue weighted by Gasteiger charge is -2.07. The third kappa shape index (κ3) is 3.65. The Balaban J connectivity index is 0.00000144. The Labute approximate surface area is 88.0 Å².